The third-order valence-electron chi connectivity index (χ3n) is 2.33. The zero-order chi connectivity index (χ0) is 13.4. The standard InChI is InChI=1S/C13H19BrFNO2/c1-3-17-13(18-4-2)9-16-8-10-5-6-12(15)11(14)7-10/h5-7,13,16H,3-4,8-9H2,1-2H3. The Morgan fingerprint density at radius 3 is 2.50 bits per heavy atom. The molecule has 5 heteroatoms. The van der Waals surface area contributed by atoms with Gasteiger partial charge in [-0.3, -0.25) is 0 Å². The summed E-state index contributed by atoms with van der Waals surface area (Å²) in [6.45, 7) is 6.36. The van der Waals surface area contributed by atoms with Crippen molar-refractivity contribution in [3.63, 3.8) is 0 Å². The van der Waals surface area contributed by atoms with Gasteiger partial charge in [0.05, 0.1) is 4.47 Å². The van der Waals surface area contributed by atoms with Gasteiger partial charge in [0, 0.05) is 26.3 Å². The van der Waals surface area contributed by atoms with Crippen molar-refractivity contribution in [2.75, 3.05) is 19.8 Å². The highest BCUT2D eigenvalue weighted by Crippen LogP contribution is 2.16. The molecule has 0 spiro atoms. The van der Waals surface area contributed by atoms with E-state index < -0.39 is 0 Å². The van der Waals surface area contributed by atoms with E-state index in [-0.39, 0.29) is 12.1 Å². The fraction of sp³-hybridized carbons (Fsp3) is 0.538. The topological polar surface area (TPSA) is 30.5 Å². The third-order valence-corrected chi connectivity index (χ3v) is 2.94. The van der Waals surface area contributed by atoms with Crippen LogP contribution in [0, 0.1) is 5.82 Å². The Labute approximate surface area is 116 Å². The number of nitrogens with one attached hydrogen (secondary N) is 1. The summed E-state index contributed by atoms with van der Waals surface area (Å²) < 4.78 is 24.3. The van der Waals surface area contributed by atoms with E-state index in [0.29, 0.717) is 30.8 Å². The van der Waals surface area contributed by atoms with Gasteiger partial charge in [0.15, 0.2) is 6.29 Å². The van der Waals surface area contributed by atoms with Gasteiger partial charge >= 0.3 is 0 Å². The van der Waals surface area contributed by atoms with Crippen LogP contribution in [0.4, 0.5) is 4.39 Å². The minimum absolute atomic E-state index is 0.233. The Kier molecular flexibility index (Phi) is 7.42. The van der Waals surface area contributed by atoms with E-state index in [1.165, 1.54) is 6.07 Å². The predicted octanol–water partition coefficient (Wildman–Crippen LogP) is 3.08. The van der Waals surface area contributed by atoms with Crippen LogP contribution in [0.3, 0.4) is 0 Å². The maximum atomic E-state index is 13.0. The van der Waals surface area contributed by atoms with Crippen LogP contribution in [0.15, 0.2) is 22.7 Å². The molecule has 0 unspecified atom stereocenters. The molecule has 0 bridgehead atoms. The first-order valence-corrected chi connectivity index (χ1v) is 6.84. The average molecular weight is 320 g/mol. The second kappa shape index (κ2) is 8.58. The van der Waals surface area contributed by atoms with Crippen molar-refractivity contribution in [1.29, 1.82) is 0 Å². The second-order valence-electron chi connectivity index (χ2n) is 3.72. The second-order valence-corrected chi connectivity index (χ2v) is 4.57. The Bertz CT molecular complexity index is 357. The normalized spacial score (nSPS) is 11.2. The van der Waals surface area contributed by atoms with Crippen LogP contribution < -0.4 is 5.32 Å². The third kappa shape index (κ3) is 5.44. The largest absolute Gasteiger partial charge is 0.352 e. The quantitative estimate of drug-likeness (QED) is 0.747. The van der Waals surface area contributed by atoms with E-state index in [9.17, 15) is 4.39 Å². The fourth-order valence-electron chi connectivity index (χ4n) is 1.52. The summed E-state index contributed by atoms with van der Waals surface area (Å²) in [5.41, 5.74) is 1.01. The first-order valence-electron chi connectivity index (χ1n) is 6.05. The number of halogens is 2. The van der Waals surface area contributed by atoms with E-state index in [2.05, 4.69) is 21.2 Å². The lowest BCUT2D eigenvalue weighted by Gasteiger charge is -2.17. The predicted molar refractivity (Wildman–Crippen MR) is 72.8 cm³/mol. The van der Waals surface area contributed by atoms with E-state index in [1.54, 1.807) is 12.1 Å². The number of hydrogen-bond donors (Lipinski definition) is 1. The minimum Gasteiger partial charge on any atom is -0.352 e. The zero-order valence-electron chi connectivity index (χ0n) is 10.7. The van der Waals surface area contributed by atoms with Gasteiger partial charge in [-0.2, -0.15) is 0 Å². The van der Waals surface area contributed by atoms with Gasteiger partial charge in [-0.25, -0.2) is 4.39 Å². The summed E-state index contributed by atoms with van der Waals surface area (Å²) in [5.74, 6) is -0.250. The highest BCUT2D eigenvalue weighted by molar-refractivity contribution is 9.10. The molecule has 1 rings (SSSR count). The van der Waals surface area contributed by atoms with Gasteiger partial charge < -0.3 is 14.8 Å². The molecule has 0 heterocycles. The van der Waals surface area contributed by atoms with E-state index in [4.69, 9.17) is 9.47 Å². The molecular weight excluding hydrogens is 301 g/mol. The first kappa shape index (κ1) is 15.6. The summed E-state index contributed by atoms with van der Waals surface area (Å²) in [4.78, 5) is 0. The van der Waals surface area contributed by atoms with E-state index >= 15 is 0 Å². The van der Waals surface area contributed by atoms with Gasteiger partial charge in [-0.1, -0.05) is 6.07 Å². The average Bonchev–Trinajstić information content (AvgIpc) is 2.34. The van der Waals surface area contributed by atoms with Gasteiger partial charge in [-0.05, 0) is 47.5 Å². The smallest absolute Gasteiger partial charge is 0.169 e. The number of benzene rings is 1. The molecule has 0 aliphatic rings. The van der Waals surface area contributed by atoms with Gasteiger partial charge in [0.25, 0.3) is 0 Å². The molecule has 1 aromatic carbocycles. The van der Waals surface area contributed by atoms with Crippen molar-refractivity contribution in [2.24, 2.45) is 0 Å². The first-order chi connectivity index (χ1) is 8.67. The molecule has 0 atom stereocenters. The SMILES string of the molecule is CCOC(CNCc1ccc(F)c(Br)c1)OCC. The van der Waals surface area contributed by atoms with Crippen molar-refractivity contribution in [2.45, 2.75) is 26.7 Å². The van der Waals surface area contributed by atoms with Crippen LogP contribution in [0.1, 0.15) is 19.4 Å². The maximum absolute atomic E-state index is 13.0. The van der Waals surface area contributed by atoms with Crippen LogP contribution in [-0.2, 0) is 16.0 Å². The highest BCUT2D eigenvalue weighted by atomic mass is 79.9. The summed E-state index contributed by atoms with van der Waals surface area (Å²) >= 11 is 3.16. The van der Waals surface area contributed by atoms with Crippen LogP contribution >= 0.6 is 15.9 Å². The number of hydrogen-bond acceptors (Lipinski definition) is 3. The van der Waals surface area contributed by atoms with Gasteiger partial charge in [-0.15, -0.1) is 0 Å². The molecule has 0 aliphatic carbocycles. The molecule has 1 aromatic rings. The lowest BCUT2D eigenvalue weighted by Crippen LogP contribution is -2.31. The van der Waals surface area contributed by atoms with Crippen LogP contribution in [0.2, 0.25) is 0 Å². The van der Waals surface area contributed by atoms with Gasteiger partial charge in [0.2, 0.25) is 0 Å². The molecular formula is C13H19BrFNO2. The van der Waals surface area contributed by atoms with Crippen molar-refractivity contribution in [3.8, 4) is 0 Å². The summed E-state index contributed by atoms with van der Waals surface area (Å²) in [7, 11) is 0. The Balaban J connectivity index is 2.37. The van der Waals surface area contributed by atoms with Crippen molar-refractivity contribution < 1.29 is 13.9 Å². The monoisotopic (exact) mass is 319 g/mol. The van der Waals surface area contributed by atoms with Crippen LogP contribution in [-0.4, -0.2) is 26.0 Å². The molecule has 18 heavy (non-hydrogen) atoms. The molecule has 0 amide bonds. The van der Waals surface area contributed by atoms with E-state index in [0.717, 1.165) is 5.56 Å². The summed E-state index contributed by atoms with van der Waals surface area (Å²) in [6.07, 6.45) is -0.233. The molecule has 0 aromatic heterocycles. The van der Waals surface area contributed by atoms with Crippen LogP contribution in [0.5, 0.6) is 0 Å². The highest BCUT2D eigenvalue weighted by Gasteiger charge is 2.07. The Hall–Kier alpha value is -0.490. The van der Waals surface area contributed by atoms with Crippen molar-refractivity contribution >= 4 is 15.9 Å². The lowest BCUT2D eigenvalue weighted by molar-refractivity contribution is -0.133. The molecule has 1 N–H and O–H groups in total. The zero-order valence-corrected chi connectivity index (χ0v) is 12.3. The lowest BCUT2D eigenvalue weighted by atomic mass is 10.2. The summed E-state index contributed by atoms with van der Waals surface area (Å²) in [6, 6.07) is 4.96. The minimum atomic E-state index is -0.250. The Morgan fingerprint density at radius 1 is 1.28 bits per heavy atom. The summed E-state index contributed by atoms with van der Waals surface area (Å²) in [5, 5.41) is 3.22. The maximum Gasteiger partial charge on any atom is 0.169 e. The molecule has 0 saturated carbocycles. The molecule has 0 aliphatic heterocycles. The number of ether oxygens (including phenoxy) is 2. The molecule has 3 nitrogen and oxygen atoms in total. The molecule has 0 fully saturated rings. The van der Waals surface area contributed by atoms with Crippen molar-refractivity contribution in [3.05, 3.63) is 34.1 Å². The van der Waals surface area contributed by atoms with Crippen molar-refractivity contribution in [1.82, 2.24) is 5.32 Å². The number of rotatable bonds is 8. The Morgan fingerprint density at radius 2 is 1.94 bits per heavy atom. The van der Waals surface area contributed by atoms with Crippen LogP contribution in [0.25, 0.3) is 0 Å². The van der Waals surface area contributed by atoms with E-state index in [1.807, 2.05) is 13.8 Å². The molecule has 0 radical (unpaired) electrons. The van der Waals surface area contributed by atoms with Gasteiger partial charge in [0.1, 0.15) is 5.82 Å². The molecule has 0 saturated heterocycles. The fourth-order valence-corrected chi connectivity index (χ4v) is 1.95. The molecule has 102 valence electrons.